The van der Waals surface area contributed by atoms with Gasteiger partial charge in [-0.15, -0.1) is 0 Å². The van der Waals surface area contributed by atoms with Gasteiger partial charge in [0.25, 0.3) is 0 Å². The molecule has 3 rings (SSSR count). The van der Waals surface area contributed by atoms with Crippen molar-refractivity contribution in [2.24, 2.45) is 10.2 Å². The highest BCUT2D eigenvalue weighted by Gasteiger charge is 2.06. The van der Waals surface area contributed by atoms with Gasteiger partial charge in [-0.1, -0.05) is 0 Å². The first-order chi connectivity index (χ1) is 17.4. The molecule has 36 heavy (non-hydrogen) atoms. The second kappa shape index (κ2) is 13.0. The first kappa shape index (κ1) is 26.4. The van der Waals surface area contributed by atoms with Crippen molar-refractivity contribution in [3.8, 4) is 17.2 Å². The fourth-order valence-corrected chi connectivity index (χ4v) is 3.36. The first-order valence-corrected chi connectivity index (χ1v) is 11.5. The van der Waals surface area contributed by atoms with Crippen LogP contribution in [-0.4, -0.2) is 42.0 Å². The number of thiocarbonyl (C=S) groups is 2. The van der Waals surface area contributed by atoms with E-state index in [0.717, 1.165) is 28.4 Å². The van der Waals surface area contributed by atoms with Gasteiger partial charge >= 0.3 is 0 Å². The Balaban J connectivity index is 1.57. The number of anilines is 2. The maximum atomic E-state index is 10.7. The number of hydrazone groups is 2. The smallest absolute Gasteiger partial charge is 0.191 e. The number of hydrogen-bond acceptors (Lipinski definition) is 7. The molecule has 9 nitrogen and oxygen atoms in total. The predicted octanol–water partition coefficient (Wildman–Crippen LogP) is 4.36. The zero-order valence-corrected chi connectivity index (χ0v) is 21.5. The van der Waals surface area contributed by atoms with E-state index in [2.05, 4.69) is 31.7 Å². The summed E-state index contributed by atoms with van der Waals surface area (Å²) in [6.45, 7) is 1.90. The molecule has 0 unspecified atom stereocenters. The van der Waals surface area contributed by atoms with Crippen molar-refractivity contribution < 1.29 is 14.6 Å². The predicted molar refractivity (Wildman–Crippen MR) is 153 cm³/mol. The molecule has 0 amide bonds. The minimum absolute atomic E-state index is 0.0137. The van der Waals surface area contributed by atoms with Gasteiger partial charge < -0.3 is 25.2 Å². The Hall–Kier alpha value is -4.22. The van der Waals surface area contributed by atoms with Gasteiger partial charge in [-0.3, -0.25) is 10.9 Å². The second-order valence-electron chi connectivity index (χ2n) is 7.40. The standard InChI is InChI=1S/C25H26N6O3S2/c1-16-12-17(14-26-30-24(35)28-19-4-8-21(33-2)9-5-19)23(32)18(13-16)15-27-31-25(36)29-20-6-10-22(34-3)11-7-20/h4-15,32H,1-3H3,(H2,28,30,35)(H2,29,31,36)/b26-14+,27-15+. The lowest BCUT2D eigenvalue weighted by Crippen LogP contribution is -2.24. The molecule has 0 aliphatic rings. The van der Waals surface area contributed by atoms with E-state index in [9.17, 15) is 5.11 Å². The van der Waals surface area contributed by atoms with Gasteiger partial charge in [0.1, 0.15) is 17.2 Å². The first-order valence-electron chi connectivity index (χ1n) is 10.7. The summed E-state index contributed by atoms with van der Waals surface area (Å²) in [5.74, 6) is 1.51. The fraction of sp³-hybridized carbons (Fsp3) is 0.120. The lowest BCUT2D eigenvalue weighted by atomic mass is 10.1. The molecular weight excluding hydrogens is 496 g/mol. The molecule has 0 bridgehead atoms. The van der Waals surface area contributed by atoms with Crippen LogP contribution in [0.2, 0.25) is 0 Å². The highest BCUT2D eigenvalue weighted by molar-refractivity contribution is 7.80. The van der Waals surface area contributed by atoms with Gasteiger partial charge in [0, 0.05) is 22.5 Å². The van der Waals surface area contributed by atoms with E-state index in [4.69, 9.17) is 33.9 Å². The lowest BCUT2D eigenvalue weighted by molar-refractivity contribution is 0.415. The monoisotopic (exact) mass is 522 g/mol. The van der Waals surface area contributed by atoms with Crippen molar-refractivity contribution in [1.29, 1.82) is 0 Å². The van der Waals surface area contributed by atoms with Crippen LogP contribution in [0.1, 0.15) is 16.7 Å². The van der Waals surface area contributed by atoms with Crippen LogP contribution >= 0.6 is 24.4 Å². The summed E-state index contributed by atoms with van der Waals surface area (Å²) in [6, 6.07) is 18.2. The maximum Gasteiger partial charge on any atom is 0.191 e. The summed E-state index contributed by atoms with van der Waals surface area (Å²) < 4.78 is 10.3. The van der Waals surface area contributed by atoms with Crippen molar-refractivity contribution in [2.45, 2.75) is 6.92 Å². The van der Waals surface area contributed by atoms with Gasteiger partial charge in [-0.05, 0) is 97.6 Å². The van der Waals surface area contributed by atoms with Gasteiger partial charge in [0.05, 0.1) is 26.6 Å². The van der Waals surface area contributed by atoms with Gasteiger partial charge in [-0.25, -0.2) is 0 Å². The number of aromatic hydroxyl groups is 1. The molecule has 3 aromatic carbocycles. The molecule has 0 aliphatic heterocycles. The van der Waals surface area contributed by atoms with E-state index in [1.165, 1.54) is 12.4 Å². The maximum absolute atomic E-state index is 10.7. The topological polar surface area (TPSA) is 112 Å². The molecule has 3 aromatic rings. The molecule has 0 spiro atoms. The Kier molecular flexibility index (Phi) is 9.55. The van der Waals surface area contributed by atoms with Crippen LogP contribution in [0.25, 0.3) is 0 Å². The minimum Gasteiger partial charge on any atom is -0.507 e. The molecular formula is C25H26N6O3S2. The lowest BCUT2D eigenvalue weighted by Gasteiger charge is -2.09. The van der Waals surface area contributed by atoms with E-state index in [0.29, 0.717) is 21.4 Å². The number of rotatable bonds is 8. The van der Waals surface area contributed by atoms with Crippen molar-refractivity contribution in [3.05, 3.63) is 77.4 Å². The van der Waals surface area contributed by atoms with Gasteiger partial charge in [0.15, 0.2) is 10.2 Å². The van der Waals surface area contributed by atoms with Crippen molar-refractivity contribution in [1.82, 2.24) is 10.9 Å². The Labute approximate surface area is 220 Å². The summed E-state index contributed by atoms with van der Waals surface area (Å²) in [5, 5.41) is 25.5. The Morgan fingerprint density at radius 2 is 1.14 bits per heavy atom. The number of ether oxygens (including phenoxy) is 2. The van der Waals surface area contributed by atoms with E-state index in [-0.39, 0.29) is 5.75 Å². The van der Waals surface area contributed by atoms with Crippen LogP contribution in [0.4, 0.5) is 11.4 Å². The van der Waals surface area contributed by atoms with Crippen molar-refractivity contribution >= 4 is 58.5 Å². The number of benzene rings is 3. The average Bonchev–Trinajstić information content (AvgIpc) is 2.87. The fourth-order valence-electron chi connectivity index (χ4n) is 3.02. The van der Waals surface area contributed by atoms with E-state index in [1.54, 1.807) is 26.4 Å². The molecule has 0 aromatic heterocycles. The third kappa shape index (κ3) is 7.93. The number of aryl methyl sites for hydroxylation is 1. The number of hydrogen-bond donors (Lipinski definition) is 5. The van der Waals surface area contributed by atoms with Crippen LogP contribution < -0.4 is 31.0 Å². The zero-order valence-electron chi connectivity index (χ0n) is 19.9. The van der Waals surface area contributed by atoms with Crippen LogP contribution in [0.5, 0.6) is 17.2 Å². The highest BCUT2D eigenvalue weighted by Crippen LogP contribution is 2.22. The van der Waals surface area contributed by atoms with Crippen LogP contribution in [0.15, 0.2) is 70.9 Å². The molecule has 0 heterocycles. The third-order valence-electron chi connectivity index (χ3n) is 4.75. The Morgan fingerprint density at radius 3 is 1.50 bits per heavy atom. The SMILES string of the molecule is COc1ccc(NC(=S)N/N=C/c2cc(C)cc(/C=N/NC(=S)Nc3ccc(OC)cc3)c2O)cc1. The Morgan fingerprint density at radius 1 is 0.750 bits per heavy atom. The van der Waals surface area contributed by atoms with E-state index < -0.39 is 0 Å². The van der Waals surface area contributed by atoms with E-state index in [1.807, 2.05) is 55.5 Å². The molecule has 0 aliphatic carbocycles. The Bertz CT molecular complexity index is 1170. The highest BCUT2D eigenvalue weighted by atomic mass is 32.1. The third-order valence-corrected chi connectivity index (χ3v) is 5.14. The number of nitrogens with one attached hydrogen (secondary N) is 4. The molecule has 186 valence electrons. The van der Waals surface area contributed by atoms with Crippen LogP contribution in [0, 0.1) is 6.92 Å². The number of nitrogens with zero attached hydrogens (tertiary/aromatic N) is 2. The van der Waals surface area contributed by atoms with Crippen LogP contribution in [0.3, 0.4) is 0 Å². The largest absolute Gasteiger partial charge is 0.507 e. The van der Waals surface area contributed by atoms with Crippen molar-refractivity contribution in [2.75, 3.05) is 24.9 Å². The average molecular weight is 523 g/mol. The summed E-state index contributed by atoms with van der Waals surface area (Å²) in [7, 11) is 3.21. The molecule has 0 saturated carbocycles. The molecule has 5 N–H and O–H groups in total. The summed E-state index contributed by atoms with van der Waals surface area (Å²) in [4.78, 5) is 0. The zero-order chi connectivity index (χ0) is 25.9. The number of phenolic OH excluding ortho intramolecular Hbond substituents is 1. The molecule has 0 saturated heterocycles. The quantitative estimate of drug-likeness (QED) is 0.167. The molecule has 0 atom stereocenters. The molecule has 11 heteroatoms. The summed E-state index contributed by atoms with van der Waals surface area (Å²) >= 11 is 10.5. The summed E-state index contributed by atoms with van der Waals surface area (Å²) in [5.41, 5.74) is 8.93. The van der Waals surface area contributed by atoms with Gasteiger partial charge in [-0.2, -0.15) is 10.2 Å². The summed E-state index contributed by atoms with van der Waals surface area (Å²) in [6.07, 6.45) is 2.95. The van der Waals surface area contributed by atoms with Gasteiger partial charge in [0.2, 0.25) is 0 Å². The normalized spacial score (nSPS) is 10.8. The van der Waals surface area contributed by atoms with Crippen LogP contribution in [-0.2, 0) is 0 Å². The number of phenols is 1. The minimum atomic E-state index is 0.0137. The van der Waals surface area contributed by atoms with E-state index >= 15 is 0 Å². The van der Waals surface area contributed by atoms with Crippen molar-refractivity contribution in [3.63, 3.8) is 0 Å². The number of methoxy groups -OCH3 is 2. The second-order valence-corrected chi connectivity index (χ2v) is 8.21. The molecule has 0 fully saturated rings. The molecule has 0 radical (unpaired) electrons.